The molecule has 0 aromatic heterocycles. The summed E-state index contributed by atoms with van der Waals surface area (Å²) < 4.78 is 5.41. The van der Waals surface area contributed by atoms with Crippen LogP contribution in [0.25, 0.3) is 0 Å². The summed E-state index contributed by atoms with van der Waals surface area (Å²) in [7, 11) is 2.29. The minimum absolute atomic E-state index is 0.590. The third kappa shape index (κ3) is 2.75. The zero-order valence-corrected chi connectivity index (χ0v) is 11.3. The molecular formula is C12H22BrNO. The first-order chi connectivity index (χ1) is 7.26. The van der Waals surface area contributed by atoms with E-state index in [0.29, 0.717) is 5.41 Å². The molecule has 1 aliphatic heterocycles. The second-order valence-corrected chi connectivity index (χ2v) is 5.81. The molecule has 0 unspecified atom stereocenters. The molecule has 0 atom stereocenters. The van der Waals surface area contributed by atoms with Gasteiger partial charge in [-0.1, -0.05) is 22.4 Å². The lowest BCUT2D eigenvalue weighted by Crippen LogP contribution is -2.47. The number of hydrogen-bond acceptors (Lipinski definition) is 2. The van der Waals surface area contributed by atoms with Crippen LogP contribution in [0, 0.1) is 5.41 Å². The maximum atomic E-state index is 5.41. The Morgan fingerprint density at radius 3 is 2.47 bits per heavy atom. The number of nitrogens with zero attached hydrogens (tertiary/aromatic N) is 1. The Morgan fingerprint density at radius 2 is 2.00 bits per heavy atom. The van der Waals surface area contributed by atoms with Gasteiger partial charge in [-0.15, -0.1) is 0 Å². The molecular weight excluding hydrogens is 254 g/mol. The Hall–Kier alpha value is 0.400. The van der Waals surface area contributed by atoms with Crippen LogP contribution in [0.2, 0.25) is 0 Å². The molecule has 1 saturated heterocycles. The van der Waals surface area contributed by atoms with Gasteiger partial charge in [-0.2, -0.15) is 0 Å². The second kappa shape index (κ2) is 5.15. The van der Waals surface area contributed by atoms with Crippen molar-refractivity contribution in [2.75, 3.05) is 32.1 Å². The van der Waals surface area contributed by atoms with Crippen LogP contribution < -0.4 is 0 Å². The van der Waals surface area contributed by atoms with Crippen molar-refractivity contribution in [3.05, 3.63) is 0 Å². The summed E-state index contributed by atoms with van der Waals surface area (Å²) in [5, 5.41) is 1.17. The van der Waals surface area contributed by atoms with E-state index < -0.39 is 0 Å². The molecule has 0 spiro atoms. The standard InChI is InChI=1S/C12H22BrNO/c1-14(11-3-7-15-8-4-11)10-12(9-13)5-2-6-12/h11H,2-10H2,1H3. The van der Waals surface area contributed by atoms with Gasteiger partial charge in [0.15, 0.2) is 0 Å². The molecule has 0 N–H and O–H groups in total. The molecule has 15 heavy (non-hydrogen) atoms. The first-order valence-electron chi connectivity index (χ1n) is 6.10. The first kappa shape index (κ1) is 11.9. The van der Waals surface area contributed by atoms with Crippen LogP contribution in [0.4, 0.5) is 0 Å². The van der Waals surface area contributed by atoms with Gasteiger partial charge in [0, 0.05) is 31.1 Å². The summed E-state index contributed by atoms with van der Waals surface area (Å²) in [4.78, 5) is 2.57. The number of ether oxygens (including phenoxy) is 1. The summed E-state index contributed by atoms with van der Waals surface area (Å²) in [6.07, 6.45) is 6.68. The van der Waals surface area contributed by atoms with Gasteiger partial charge in [-0.05, 0) is 38.1 Å². The Balaban J connectivity index is 1.82. The average molecular weight is 276 g/mol. The van der Waals surface area contributed by atoms with Crippen molar-refractivity contribution in [1.29, 1.82) is 0 Å². The minimum atomic E-state index is 0.590. The molecule has 0 aromatic carbocycles. The van der Waals surface area contributed by atoms with Crippen LogP contribution in [0.3, 0.4) is 0 Å². The minimum Gasteiger partial charge on any atom is -0.381 e. The molecule has 0 bridgehead atoms. The van der Waals surface area contributed by atoms with E-state index in [1.165, 1.54) is 44.0 Å². The van der Waals surface area contributed by atoms with Crippen molar-refractivity contribution >= 4 is 15.9 Å². The number of hydrogen-bond donors (Lipinski definition) is 0. The molecule has 88 valence electrons. The molecule has 2 fully saturated rings. The summed E-state index contributed by atoms with van der Waals surface area (Å²) >= 11 is 3.68. The van der Waals surface area contributed by atoms with E-state index in [0.717, 1.165) is 19.3 Å². The Labute approximate surface area is 101 Å². The molecule has 1 heterocycles. The van der Waals surface area contributed by atoms with Crippen LogP contribution in [-0.4, -0.2) is 43.1 Å². The van der Waals surface area contributed by atoms with Crippen molar-refractivity contribution in [3.8, 4) is 0 Å². The van der Waals surface area contributed by atoms with Gasteiger partial charge in [-0.25, -0.2) is 0 Å². The molecule has 2 rings (SSSR count). The van der Waals surface area contributed by atoms with Gasteiger partial charge >= 0.3 is 0 Å². The lowest BCUT2D eigenvalue weighted by Gasteiger charge is -2.45. The molecule has 0 aromatic rings. The molecule has 2 aliphatic rings. The zero-order chi connectivity index (χ0) is 10.7. The normalized spacial score (nSPS) is 26.6. The second-order valence-electron chi connectivity index (χ2n) is 5.25. The number of halogens is 1. The smallest absolute Gasteiger partial charge is 0.0480 e. The Morgan fingerprint density at radius 1 is 1.33 bits per heavy atom. The van der Waals surface area contributed by atoms with E-state index in [-0.39, 0.29) is 0 Å². The predicted octanol–water partition coefficient (Wildman–Crippen LogP) is 2.66. The SMILES string of the molecule is CN(CC1(CBr)CCC1)C1CCOCC1. The van der Waals surface area contributed by atoms with Crippen molar-refractivity contribution in [3.63, 3.8) is 0 Å². The lowest BCUT2D eigenvalue weighted by atomic mass is 9.70. The van der Waals surface area contributed by atoms with E-state index in [2.05, 4.69) is 27.9 Å². The van der Waals surface area contributed by atoms with Gasteiger partial charge in [0.2, 0.25) is 0 Å². The monoisotopic (exact) mass is 275 g/mol. The fourth-order valence-corrected chi connectivity index (χ4v) is 3.53. The Bertz CT molecular complexity index is 194. The van der Waals surface area contributed by atoms with Crippen molar-refractivity contribution in [1.82, 2.24) is 4.90 Å². The van der Waals surface area contributed by atoms with Crippen molar-refractivity contribution < 1.29 is 4.74 Å². The topological polar surface area (TPSA) is 12.5 Å². The van der Waals surface area contributed by atoms with Crippen LogP contribution in [0.1, 0.15) is 32.1 Å². The van der Waals surface area contributed by atoms with Gasteiger partial charge in [0.25, 0.3) is 0 Å². The van der Waals surface area contributed by atoms with Crippen LogP contribution in [0.15, 0.2) is 0 Å². The van der Waals surface area contributed by atoms with Gasteiger partial charge in [-0.3, -0.25) is 0 Å². The highest BCUT2D eigenvalue weighted by Gasteiger charge is 2.37. The summed E-state index contributed by atoms with van der Waals surface area (Å²) in [6, 6.07) is 0.760. The highest BCUT2D eigenvalue weighted by molar-refractivity contribution is 9.09. The number of rotatable bonds is 4. The molecule has 1 aliphatic carbocycles. The fourth-order valence-electron chi connectivity index (χ4n) is 2.79. The Kier molecular flexibility index (Phi) is 4.08. The quantitative estimate of drug-likeness (QED) is 0.732. The maximum absolute atomic E-state index is 5.41. The van der Waals surface area contributed by atoms with E-state index in [9.17, 15) is 0 Å². The zero-order valence-electron chi connectivity index (χ0n) is 9.67. The van der Waals surface area contributed by atoms with E-state index in [4.69, 9.17) is 4.74 Å². The van der Waals surface area contributed by atoms with Gasteiger partial charge in [0.1, 0.15) is 0 Å². The largest absolute Gasteiger partial charge is 0.381 e. The summed E-state index contributed by atoms with van der Waals surface area (Å²) in [5.41, 5.74) is 0.590. The van der Waals surface area contributed by atoms with E-state index >= 15 is 0 Å². The van der Waals surface area contributed by atoms with Gasteiger partial charge in [0.05, 0.1) is 0 Å². The maximum Gasteiger partial charge on any atom is 0.0480 e. The van der Waals surface area contributed by atoms with Crippen molar-refractivity contribution in [2.45, 2.75) is 38.1 Å². The molecule has 1 saturated carbocycles. The van der Waals surface area contributed by atoms with Crippen LogP contribution >= 0.6 is 15.9 Å². The summed E-state index contributed by atoms with van der Waals surface area (Å²) in [5.74, 6) is 0. The van der Waals surface area contributed by atoms with E-state index in [1.54, 1.807) is 0 Å². The molecule has 2 nitrogen and oxygen atoms in total. The average Bonchev–Trinajstić information content (AvgIpc) is 2.24. The molecule has 0 radical (unpaired) electrons. The van der Waals surface area contributed by atoms with Crippen molar-refractivity contribution in [2.24, 2.45) is 5.41 Å². The van der Waals surface area contributed by atoms with Crippen LogP contribution in [-0.2, 0) is 4.74 Å². The van der Waals surface area contributed by atoms with Gasteiger partial charge < -0.3 is 9.64 Å². The van der Waals surface area contributed by atoms with Crippen LogP contribution in [0.5, 0.6) is 0 Å². The predicted molar refractivity (Wildman–Crippen MR) is 66.5 cm³/mol. The lowest BCUT2D eigenvalue weighted by molar-refractivity contribution is 0.0159. The highest BCUT2D eigenvalue weighted by Crippen LogP contribution is 2.43. The summed E-state index contributed by atoms with van der Waals surface area (Å²) in [6.45, 7) is 3.18. The molecule has 3 heteroatoms. The third-order valence-corrected chi connectivity index (χ3v) is 5.29. The highest BCUT2D eigenvalue weighted by atomic mass is 79.9. The van der Waals surface area contributed by atoms with E-state index in [1.807, 2.05) is 0 Å². The fraction of sp³-hybridized carbons (Fsp3) is 1.00. The molecule has 0 amide bonds. The number of alkyl halides is 1. The third-order valence-electron chi connectivity index (χ3n) is 4.10. The first-order valence-corrected chi connectivity index (χ1v) is 7.22.